The molecule has 0 spiro atoms. The van der Waals surface area contributed by atoms with Crippen molar-refractivity contribution in [3.8, 4) is 0 Å². The normalized spacial score (nSPS) is 12.2. The zero-order chi connectivity index (χ0) is 10.6. The van der Waals surface area contributed by atoms with Crippen molar-refractivity contribution in [3.05, 3.63) is 34.3 Å². The zero-order valence-electron chi connectivity index (χ0n) is 7.76. The van der Waals surface area contributed by atoms with Gasteiger partial charge in [-0.05, 0) is 24.6 Å². The summed E-state index contributed by atoms with van der Waals surface area (Å²) >= 11 is 8.74. The Labute approximate surface area is 96.8 Å². The summed E-state index contributed by atoms with van der Waals surface area (Å²) in [7, 11) is 0. The van der Waals surface area contributed by atoms with Crippen LogP contribution in [0.5, 0.6) is 0 Å². The zero-order valence-corrected chi connectivity index (χ0v) is 10.1. The molecule has 0 saturated heterocycles. The number of halogens is 2. The van der Waals surface area contributed by atoms with Gasteiger partial charge in [0.1, 0.15) is 5.88 Å². The van der Waals surface area contributed by atoms with Crippen LogP contribution in [0.15, 0.2) is 28.7 Å². The highest BCUT2D eigenvalue weighted by Gasteiger charge is 2.07. The molecule has 1 atom stereocenters. The lowest BCUT2D eigenvalue weighted by atomic mass is 10.1. The number of carbonyl (C=O) groups is 1. The summed E-state index contributed by atoms with van der Waals surface area (Å²) in [6.45, 7) is 1.92. The molecule has 0 aliphatic carbocycles. The van der Waals surface area contributed by atoms with Gasteiger partial charge in [-0.3, -0.25) is 4.79 Å². The molecule has 76 valence electrons. The molecule has 0 aliphatic rings. The molecule has 0 bridgehead atoms. The molecule has 1 amide bonds. The predicted molar refractivity (Wildman–Crippen MR) is 61.4 cm³/mol. The summed E-state index contributed by atoms with van der Waals surface area (Å²) in [6, 6.07) is 7.80. The van der Waals surface area contributed by atoms with E-state index < -0.39 is 0 Å². The molecule has 0 fully saturated rings. The van der Waals surface area contributed by atoms with Crippen LogP contribution in [0.1, 0.15) is 18.5 Å². The van der Waals surface area contributed by atoms with Gasteiger partial charge in [0.15, 0.2) is 0 Å². The van der Waals surface area contributed by atoms with Crippen LogP contribution in [0.2, 0.25) is 0 Å². The minimum Gasteiger partial charge on any atom is -0.349 e. The fourth-order valence-corrected chi connectivity index (χ4v) is 1.46. The van der Waals surface area contributed by atoms with Crippen LogP contribution in [0.4, 0.5) is 0 Å². The average Bonchev–Trinajstić information content (AvgIpc) is 2.18. The first-order valence-electron chi connectivity index (χ1n) is 4.24. The summed E-state index contributed by atoms with van der Waals surface area (Å²) in [5, 5.41) is 2.78. The van der Waals surface area contributed by atoms with Crippen molar-refractivity contribution >= 4 is 33.4 Å². The molecule has 4 heteroatoms. The van der Waals surface area contributed by atoms with Gasteiger partial charge in [0.05, 0.1) is 6.04 Å². The predicted octanol–water partition coefficient (Wildman–Crippen LogP) is 2.87. The first-order valence-corrected chi connectivity index (χ1v) is 5.57. The quantitative estimate of drug-likeness (QED) is 0.845. The van der Waals surface area contributed by atoms with Gasteiger partial charge in [-0.25, -0.2) is 0 Å². The van der Waals surface area contributed by atoms with Gasteiger partial charge >= 0.3 is 0 Å². The second-order valence-corrected chi connectivity index (χ2v) is 4.16. The smallest absolute Gasteiger partial charge is 0.235 e. The van der Waals surface area contributed by atoms with Gasteiger partial charge < -0.3 is 5.32 Å². The maximum Gasteiger partial charge on any atom is 0.235 e. The Morgan fingerprint density at radius 2 is 2.07 bits per heavy atom. The molecule has 1 N–H and O–H groups in total. The van der Waals surface area contributed by atoms with Crippen molar-refractivity contribution in [2.24, 2.45) is 0 Å². The molecule has 2 nitrogen and oxygen atoms in total. The molecule has 0 aromatic heterocycles. The van der Waals surface area contributed by atoms with Crippen molar-refractivity contribution in [3.63, 3.8) is 0 Å². The fraction of sp³-hybridized carbons (Fsp3) is 0.300. The first kappa shape index (κ1) is 11.5. The minimum atomic E-state index is -0.151. The Morgan fingerprint density at radius 1 is 1.50 bits per heavy atom. The van der Waals surface area contributed by atoms with E-state index in [1.165, 1.54) is 0 Å². The fourth-order valence-electron chi connectivity index (χ4n) is 1.11. The van der Waals surface area contributed by atoms with Crippen LogP contribution in [-0.4, -0.2) is 11.8 Å². The number of hydrogen-bond donors (Lipinski definition) is 1. The lowest BCUT2D eigenvalue weighted by Gasteiger charge is -2.13. The average molecular weight is 277 g/mol. The monoisotopic (exact) mass is 275 g/mol. The molecule has 0 radical (unpaired) electrons. The maximum absolute atomic E-state index is 11.0. The number of benzene rings is 1. The molecule has 1 unspecified atom stereocenters. The first-order chi connectivity index (χ1) is 6.63. The van der Waals surface area contributed by atoms with E-state index in [0.717, 1.165) is 10.0 Å². The Kier molecular flexibility index (Phi) is 4.42. The van der Waals surface area contributed by atoms with Crippen molar-refractivity contribution in [1.29, 1.82) is 0 Å². The highest BCUT2D eigenvalue weighted by Crippen LogP contribution is 2.16. The third-order valence-electron chi connectivity index (χ3n) is 1.87. The van der Waals surface area contributed by atoms with E-state index in [-0.39, 0.29) is 17.8 Å². The lowest BCUT2D eigenvalue weighted by molar-refractivity contribution is -0.119. The lowest BCUT2D eigenvalue weighted by Crippen LogP contribution is -2.27. The van der Waals surface area contributed by atoms with Crippen LogP contribution < -0.4 is 5.32 Å². The second kappa shape index (κ2) is 5.37. The number of nitrogens with one attached hydrogen (secondary N) is 1. The molecule has 0 heterocycles. The van der Waals surface area contributed by atoms with Crippen LogP contribution in [-0.2, 0) is 4.79 Å². The molecule has 0 saturated carbocycles. The molecule has 1 aromatic rings. The number of carbonyl (C=O) groups excluding carboxylic acids is 1. The molecular weight excluding hydrogens is 265 g/mol. The van der Waals surface area contributed by atoms with E-state index in [1.807, 2.05) is 31.2 Å². The summed E-state index contributed by atoms with van der Waals surface area (Å²) in [6.07, 6.45) is 0. The third kappa shape index (κ3) is 3.31. The van der Waals surface area contributed by atoms with Crippen molar-refractivity contribution in [2.45, 2.75) is 13.0 Å². The van der Waals surface area contributed by atoms with E-state index in [2.05, 4.69) is 21.2 Å². The molecular formula is C10H11BrClNO. The Hall–Kier alpha value is -0.540. The summed E-state index contributed by atoms with van der Waals surface area (Å²) in [4.78, 5) is 11.0. The standard InChI is InChI=1S/C10H11BrClNO/c1-7(13-10(14)6-12)8-2-4-9(11)5-3-8/h2-5,7H,6H2,1H3,(H,13,14). The highest BCUT2D eigenvalue weighted by molar-refractivity contribution is 9.10. The van der Waals surface area contributed by atoms with Crippen LogP contribution in [0, 0.1) is 0 Å². The van der Waals surface area contributed by atoms with Gasteiger partial charge in [-0.15, -0.1) is 11.6 Å². The summed E-state index contributed by atoms with van der Waals surface area (Å²) < 4.78 is 1.03. The van der Waals surface area contributed by atoms with Gasteiger partial charge in [-0.1, -0.05) is 28.1 Å². The minimum absolute atomic E-state index is 0.000861. The number of rotatable bonds is 3. The number of amides is 1. The second-order valence-electron chi connectivity index (χ2n) is 2.97. The van der Waals surface area contributed by atoms with Crippen LogP contribution in [0.25, 0.3) is 0 Å². The van der Waals surface area contributed by atoms with Gasteiger partial charge in [0, 0.05) is 4.47 Å². The summed E-state index contributed by atoms with van der Waals surface area (Å²) in [5.74, 6) is -0.150. The van der Waals surface area contributed by atoms with Crippen molar-refractivity contribution in [2.75, 3.05) is 5.88 Å². The van der Waals surface area contributed by atoms with E-state index in [1.54, 1.807) is 0 Å². The van der Waals surface area contributed by atoms with E-state index >= 15 is 0 Å². The van der Waals surface area contributed by atoms with E-state index in [0.29, 0.717) is 0 Å². The third-order valence-corrected chi connectivity index (χ3v) is 2.64. The molecule has 14 heavy (non-hydrogen) atoms. The number of hydrogen-bond acceptors (Lipinski definition) is 1. The maximum atomic E-state index is 11.0. The van der Waals surface area contributed by atoms with Gasteiger partial charge in [0.2, 0.25) is 5.91 Å². The largest absolute Gasteiger partial charge is 0.349 e. The molecule has 1 aromatic carbocycles. The Morgan fingerprint density at radius 3 is 2.57 bits per heavy atom. The van der Waals surface area contributed by atoms with Gasteiger partial charge in [0.25, 0.3) is 0 Å². The Balaban J connectivity index is 2.65. The Bertz CT molecular complexity index is 312. The molecule has 0 aliphatic heterocycles. The van der Waals surface area contributed by atoms with Gasteiger partial charge in [-0.2, -0.15) is 0 Å². The van der Waals surface area contributed by atoms with Crippen molar-refractivity contribution in [1.82, 2.24) is 5.32 Å². The van der Waals surface area contributed by atoms with Crippen molar-refractivity contribution < 1.29 is 4.79 Å². The van der Waals surface area contributed by atoms with E-state index in [4.69, 9.17) is 11.6 Å². The van der Waals surface area contributed by atoms with E-state index in [9.17, 15) is 4.79 Å². The highest BCUT2D eigenvalue weighted by atomic mass is 79.9. The van der Waals surface area contributed by atoms with Crippen LogP contribution >= 0.6 is 27.5 Å². The van der Waals surface area contributed by atoms with Crippen LogP contribution in [0.3, 0.4) is 0 Å². The number of alkyl halides is 1. The SMILES string of the molecule is CC(NC(=O)CCl)c1ccc(Br)cc1. The molecule has 1 rings (SSSR count). The summed E-state index contributed by atoms with van der Waals surface area (Å²) in [5.41, 5.74) is 1.06. The topological polar surface area (TPSA) is 29.1 Å².